The number of nitrogens with zero attached hydrogens (tertiary/aromatic N) is 2. The largest absolute Gasteiger partial charge is 0.296 e. The van der Waals surface area contributed by atoms with Crippen LogP contribution in [0.3, 0.4) is 0 Å². The highest BCUT2D eigenvalue weighted by Gasteiger charge is 2.20. The zero-order valence-corrected chi connectivity index (χ0v) is 16.7. The zero-order valence-electron chi connectivity index (χ0n) is 14.4. The first-order valence-electron chi connectivity index (χ1n) is 7.75. The molecule has 27 heavy (non-hydrogen) atoms. The maximum Gasteiger partial charge on any atom is 0.261 e. The SMILES string of the molecule is Cc1cccc(NS(=O)(=O)c2ccc(Cl)c(C(=O)Nc3nnc(C)s3)c2)c1. The molecule has 1 aromatic heterocycles. The van der Waals surface area contributed by atoms with Crippen LogP contribution in [0.25, 0.3) is 0 Å². The van der Waals surface area contributed by atoms with E-state index in [1.807, 2.05) is 13.0 Å². The minimum atomic E-state index is -3.89. The summed E-state index contributed by atoms with van der Waals surface area (Å²) in [5, 5.41) is 11.3. The molecule has 0 aliphatic carbocycles. The van der Waals surface area contributed by atoms with Crippen LogP contribution in [0.2, 0.25) is 5.02 Å². The quantitative estimate of drug-likeness (QED) is 0.650. The maximum absolute atomic E-state index is 12.7. The van der Waals surface area contributed by atoms with Gasteiger partial charge in [-0.1, -0.05) is 35.1 Å². The van der Waals surface area contributed by atoms with Crippen molar-refractivity contribution < 1.29 is 13.2 Å². The standard InChI is InChI=1S/C17H15ClN4O3S2/c1-10-4-3-5-12(8-10)22-27(24,25)13-6-7-15(18)14(9-13)16(23)19-17-21-20-11(2)26-17/h3-9,22H,1-2H3,(H,19,21,23). The summed E-state index contributed by atoms with van der Waals surface area (Å²) < 4.78 is 27.8. The number of carbonyl (C=O) groups excluding carboxylic acids is 1. The molecule has 0 atom stereocenters. The summed E-state index contributed by atoms with van der Waals surface area (Å²) in [5.74, 6) is -0.566. The summed E-state index contributed by atoms with van der Waals surface area (Å²) in [5.41, 5.74) is 1.37. The van der Waals surface area contributed by atoms with E-state index in [1.54, 1.807) is 25.1 Å². The highest BCUT2D eigenvalue weighted by atomic mass is 35.5. The molecule has 1 heterocycles. The molecule has 2 N–H and O–H groups in total. The van der Waals surface area contributed by atoms with E-state index in [0.717, 1.165) is 5.56 Å². The number of sulfonamides is 1. The summed E-state index contributed by atoms with van der Waals surface area (Å²) in [6.07, 6.45) is 0. The number of anilines is 2. The van der Waals surface area contributed by atoms with Gasteiger partial charge in [-0.25, -0.2) is 8.42 Å². The van der Waals surface area contributed by atoms with Crippen molar-refractivity contribution in [2.45, 2.75) is 18.7 Å². The number of benzene rings is 2. The Morgan fingerprint density at radius 2 is 1.89 bits per heavy atom. The molecule has 0 aliphatic rings. The fourth-order valence-electron chi connectivity index (χ4n) is 2.28. The Morgan fingerprint density at radius 1 is 1.11 bits per heavy atom. The van der Waals surface area contributed by atoms with Gasteiger partial charge < -0.3 is 0 Å². The molecule has 10 heteroatoms. The lowest BCUT2D eigenvalue weighted by Gasteiger charge is -2.11. The van der Waals surface area contributed by atoms with E-state index in [1.165, 1.54) is 29.5 Å². The number of amides is 1. The fraction of sp³-hybridized carbons (Fsp3) is 0.118. The predicted molar refractivity (Wildman–Crippen MR) is 106 cm³/mol. The van der Waals surface area contributed by atoms with Crippen molar-refractivity contribution in [2.24, 2.45) is 0 Å². The van der Waals surface area contributed by atoms with Crippen LogP contribution in [0.5, 0.6) is 0 Å². The van der Waals surface area contributed by atoms with Crippen LogP contribution in [0.15, 0.2) is 47.4 Å². The number of aryl methyl sites for hydroxylation is 2. The number of nitrogens with one attached hydrogen (secondary N) is 2. The molecule has 0 aliphatic heterocycles. The van der Waals surface area contributed by atoms with Crippen molar-refractivity contribution in [3.63, 3.8) is 0 Å². The van der Waals surface area contributed by atoms with Crippen molar-refractivity contribution in [1.82, 2.24) is 10.2 Å². The van der Waals surface area contributed by atoms with Crippen LogP contribution in [0.4, 0.5) is 10.8 Å². The Labute approximate surface area is 165 Å². The van der Waals surface area contributed by atoms with Gasteiger partial charge in [-0.05, 0) is 49.7 Å². The number of hydrogen-bond donors (Lipinski definition) is 2. The van der Waals surface area contributed by atoms with Gasteiger partial charge in [-0.15, -0.1) is 10.2 Å². The summed E-state index contributed by atoms with van der Waals surface area (Å²) in [6, 6.07) is 10.9. The van der Waals surface area contributed by atoms with E-state index in [0.29, 0.717) is 15.8 Å². The average molecular weight is 423 g/mol. The van der Waals surface area contributed by atoms with Gasteiger partial charge in [0.1, 0.15) is 5.01 Å². The maximum atomic E-state index is 12.7. The molecule has 140 valence electrons. The van der Waals surface area contributed by atoms with Crippen molar-refractivity contribution in [1.29, 1.82) is 0 Å². The molecule has 1 amide bonds. The number of carbonyl (C=O) groups is 1. The zero-order chi connectivity index (χ0) is 19.6. The number of aromatic nitrogens is 2. The Balaban J connectivity index is 1.88. The number of rotatable bonds is 5. The van der Waals surface area contributed by atoms with Crippen LogP contribution in [-0.4, -0.2) is 24.5 Å². The molecule has 2 aromatic carbocycles. The first kappa shape index (κ1) is 19.3. The molecule has 3 rings (SSSR count). The minimum Gasteiger partial charge on any atom is -0.296 e. The molecule has 0 fully saturated rings. The molecule has 3 aromatic rings. The molecule has 0 bridgehead atoms. The van der Waals surface area contributed by atoms with Gasteiger partial charge in [0.15, 0.2) is 0 Å². The van der Waals surface area contributed by atoms with Crippen molar-refractivity contribution in [2.75, 3.05) is 10.0 Å². The average Bonchev–Trinajstić information content (AvgIpc) is 2.99. The summed E-state index contributed by atoms with van der Waals surface area (Å²) >= 11 is 7.29. The van der Waals surface area contributed by atoms with E-state index in [4.69, 9.17) is 11.6 Å². The second kappa shape index (κ2) is 7.63. The summed E-state index contributed by atoms with van der Waals surface area (Å²) in [6.45, 7) is 3.61. The first-order chi connectivity index (χ1) is 12.7. The molecule has 0 saturated carbocycles. The van der Waals surface area contributed by atoms with Crippen molar-refractivity contribution >= 4 is 49.7 Å². The lowest BCUT2D eigenvalue weighted by atomic mass is 10.2. The van der Waals surface area contributed by atoms with E-state index in [9.17, 15) is 13.2 Å². The predicted octanol–water partition coefficient (Wildman–Crippen LogP) is 3.86. The van der Waals surface area contributed by atoms with Gasteiger partial charge in [0.05, 0.1) is 15.5 Å². The molecule has 0 saturated heterocycles. The lowest BCUT2D eigenvalue weighted by molar-refractivity contribution is 0.102. The van der Waals surface area contributed by atoms with Crippen LogP contribution < -0.4 is 10.0 Å². The third-order valence-electron chi connectivity index (χ3n) is 3.51. The van der Waals surface area contributed by atoms with Gasteiger partial charge in [-0.3, -0.25) is 14.8 Å². The van der Waals surface area contributed by atoms with E-state index in [2.05, 4.69) is 20.2 Å². The highest BCUT2D eigenvalue weighted by Crippen LogP contribution is 2.24. The molecule has 0 radical (unpaired) electrons. The third-order valence-corrected chi connectivity index (χ3v) is 5.97. The number of halogens is 1. The normalized spacial score (nSPS) is 11.2. The third kappa shape index (κ3) is 4.62. The Morgan fingerprint density at radius 3 is 2.56 bits per heavy atom. The Kier molecular flexibility index (Phi) is 5.45. The van der Waals surface area contributed by atoms with Crippen LogP contribution in [0, 0.1) is 13.8 Å². The van der Waals surface area contributed by atoms with E-state index < -0.39 is 15.9 Å². The molecule has 7 nitrogen and oxygen atoms in total. The Bertz CT molecular complexity index is 1110. The fourth-order valence-corrected chi connectivity index (χ4v) is 4.15. The van der Waals surface area contributed by atoms with Gasteiger partial charge in [0.2, 0.25) is 5.13 Å². The van der Waals surface area contributed by atoms with Crippen molar-refractivity contribution in [3.8, 4) is 0 Å². The summed E-state index contributed by atoms with van der Waals surface area (Å²) in [7, 11) is -3.89. The number of hydrogen-bond acceptors (Lipinski definition) is 6. The Hall–Kier alpha value is -2.49. The minimum absolute atomic E-state index is 0.0247. The van der Waals surface area contributed by atoms with Crippen LogP contribution >= 0.6 is 22.9 Å². The van der Waals surface area contributed by atoms with Gasteiger partial charge in [0.25, 0.3) is 15.9 Å². The van der Waals surface area contributed by atoms with Gasteiger partial charge in [0, 0.05) is 5.69 Å². The second-order valence-electron chi connectivity index (χ2n) is 5.70. The molecule has 0 spiro atoms. The van der Waals surface area contributed by atoms with Crippen molar-refractivity contribution in [3.05, 3.63) is 63.6 Å². The van der Waals surface area contributed by atoms with Gasteiger partial charge in [-0.2, -0.15) is 0 Å². The smallest absolute Gasteiger partial charge is 0.261 e. The molecular weight excluding hydrogens is 408 g/mol. The first-order valence-corrected chi connectivity index (χ1v) is 10.4. The van der Waals surface area contributed by atoms with E-state index in [-0.39, 0.29) is 15.5 Å². The molecule has 0 unspecified atom stereocenters. The van der Waals surface area contributed by atoms with E-state index >= 15 is 0 Å². The monoisotopic (exact) mass is 422 g/mol. The van der Waals surface area contributed by atoms with Crippen LogP contribution in [-0.2, 0) is 10.0 Å². The summed E-state index contributed by atoms with van der Waals surface area (Å²) in [4.78, 5) is 12.4. The highest BCUT2D eigenvalue weighted by molar-refractivity contribution is 7.92. The lowest BCUT2D eigenvalue weighted by Crippen LogP contribution is -2.16. The molecular formula is C17H15ClN4O3S2. The van der Waals surface area contributed by atoms with Crippen LogP contribution in [0.1, 0.15) is 20.9 Å². The second-order valence-corrected chi connectivity index (χ2v) is 8.97. The topological polar surface area (TPSA) is 101 Å². The van der Waals surface area contributed by atoms with Gasteiger partial charge >= 0.3 is 0 Å².